The molecule has 1 fully saturated rings. The third-order valence-corrected chi connectivity index (χ3v) is 3.60. The number of nitrogens with one attached hydrogen (secondary N) is 1. The van der Waals surface area contributed by atoms with E-state index in [1.165, 1.54) is 5.56 Å². The van der Waals surface area contributed by atoms with Gasteiger partial charge in [0.1, 0.15) is 5.82 Å². The first-order chi connectivity index (χ1) is 8.54. The van der Waals surface area contributed by atoms with Gasteiger partial charge in [-0.05, 0) is 37.5 Å². The summed E-state index contributed by atoms with van der Waals surface area (Å²) in [6.07, 6.45) is 0. The van der Waals surface area contributed by atoms with Gasteiger partial charge in [0.25, 0.3) is 0 Å². The van der Waals surface area contributed by atoms with Crippen LogP contribution in [-0.4, -0.2) is 36.6 Å². The fraction of sp³-hybridized carbons (Fsp3) is 0.600. The molecule has 1 aromatic rings. The van der Waals surface area contributed by atoms with Gasteiger partial charge < -0.3 is 5.32 Å². The summed E-state index contributed by atoms with van der Waals surface area (Å²) in [5.41, 5.74) is 1.22. The van der Waals surface area contributed by atoms with E-state index < -0.39 is 0 Å². The Balaban J connectivity index is 0.00000180. The number of benzene rings is 1. The molecule has 0 aromatic heterocycles. The Bertz CT molecular complexity index is 372. The lowest BCUT2D eigenvalue weighted by Gasteiger charge is -2.37. The first-order valence-electron chi connectivity index (χ1n) is 6.78. The number of piperazine rings is 1. The molecule has 1 aliphatic rings. The average molecular weight is 287 g/mol. The number of hydrogen-bond donors (Lipinski definition) is 1. The zero-order chi connectivity index (χ0) is 13.1. The van der Waals surface area contributed by atoms with E-state index in [9.17, 15) is 4.39 Å². The van der Waals surface area contributed by atoms with Crippen LogP contribution in [0.1, 0.15) is 32.3 Å². The molecule has 0 amide bonds. The van der Waals surface area contributed by atoms with Gasteiger partial charge in [0.2, 0.25) is 0 Å². The van der Waals surface area contributed by atoms with Crippen molar-refractivity contribution in [1.82, 2.24) is 10.2 Å². The Morgan fingerprint density at radius 2 is 1.74 bits per heavy atom. The van der Waals surface area contributed by atoms with Gasteiger partial charge in [-0.1, -0.05) is 19.1 Å². The molecule has 1 N–H and O–H groups in total. The van der Waals surface area contributed by atoms with Gasteiger partial charge >= 0.3 is 0 Å². The zero-order valence-corrected chi connectivity index (χ0v) is 12.7. The van der Waals surface area contributed by atoms with Gasteiger partial charge in [0.15, 0.2) is 0 Å². The number of rotatable bonds is 3. The Kier molecular flexibility index (Phi) is 6.24. The summed E-state index contributed by atoms with van der Waals surface area (Å²) in [5.74, 6) is 0.290. The molecule has 1 heterocycles. The van der Waals surface area contributed by atoms with Gasteiger partial charge in [-0.3, -0.25) is 4.90 Å². The molecule has 108 valence electrons. The van der Waals surface area contributed by atoms with Crippen LogP contribution in [0.25, 0.3) is 0 Å². The van der Waals surface area contributed by atoms with E-state index in [0.717, 1.165) is 19.6 Å². The molecule has 0 radical (unpaired) electrons. The standard InChI is InChI=1S/C15H23FN2.ClH/c1-11(14-4-6-15(16)7-5-14)8-18-9-12(2)17-13(3)10-18;/h4-7,11-13,17H,8-10H2,1-3H3;1H. The largest absolute Gasteiger partial charge is 0.309 e. The molecule has 1 saturated heterocycles. The van der Waals surface area contributed by atoms with Gasteiger partial charge in [-0.15, -0.1) is 12.4 Å². The second-order valence-corrected chi connectivity index (χ2v) is 5.64. The average Bonchev–Trinajstić information content (AvgIpc) is 2.28. The molecule has 0 aliphatic carbocycles. The van der Waals surface area contributed by atoms with Crippen molar-refractivity contribution in [3.05, 3.63) is 35.6 Å². The molecule has 2 nitrogen and oxygen atoms in total. The van der Waals surface area contributed by atoms with Crippen LogP contribution in [0.3, 0.4) is 0 Å². The molecular formula is C15H24ClFN2. The molecule has 1 aromatic carbocycles. The second-order valence-electron chi connectivity index (χ2n) is 5.64. The van der Waals surface area contributed by atoms with Gasteiger partial charge in [0.05, 0.1) is 0 Å². The lowest BCUT2D eigenvalue weighted by Crippen LogP contribution is -2.54. The van der Waals surface area contributed by atoms with Crippen molar-refractivity contribution in [2.75, 3.05) is 19.6 Å². The molecule has 3 atom stereocenters. The Labute approximate surface area is 121 Å². The summed E-state index contributed by atoms with van der Waals surface area (Å²) in [5, 5.41) is 3.54. The Morgan fingerprint density at radius 1 is 1.21 bits per heavy atom. The lowest BCUT2D eigenvalue weighted by molar-refractivity contribution is 0.167. The summed E-state index contributed by atoms with van der Waals surface area (Å²) in [4.78, 5) is 2.50. The quantitative estimate of drug-likeness (QED) is 0.919. The van der Waals surface area contributed by atoms with Crippen molar-refractivity contribution in [3.63, 3.8) is 0 Å². The van der Waals surface area contributed by atoms with E-state index in [1.54, 1.807) is 12.1 Å². The molecule has 2 rings (SSSR count). The highest BCUT2D eigenvalue weighted by Crippen LogP contribution is 2.18. The van der Waals surface area contributed by atoms with Crippen molar-refractivity contribution in [2.24, 2.45) is 0 Å². The van der Waals surface area contributed by atoms with Crippen LogP contribution in [0, 0.1) is 5.82 Å². The maximum Gasteiger partial charge on any atom is 0.123 e. The van der Waals surface area contributed by atoms with Gasteiger partial charge in [-0.2, -0.15) is 0 Å². The van der Waals surface area contributed by atoms with Crippen molar-refractivity contribution >= 4 is 12.4 Å². The van der Waals surface area contributed by atoms with Crippen LogP contribution in [0.15, 0.2) is 24.3 Å². The molecule has 19 heavy (non-hydrogen) atoms. The third kappa shape index (κ3) is 4.75. The minimum atomic E-state index is -0.157. The summed E-state index contributed by atoms with van der Waals surface area (Å²) >= 11 is 0. The van der Waals surface area contributed by atoms with E-state index in [2.05, 4.69) is 31.0 Å². The molecule has 3 unspecified atom stereocenters. The van der Waals surface area contributed by atoms with E-state index in [0.29, 0.717) is 18.0 Å². The van der Waals surface area contributed by atoms with Crippen LogP contribution >= 0.6 is 12.4 Å². The number of nitrogens with zero attached hydrogens (tertiary/aromatic N) is 1. The second kappa shape index (κ2) is 7.22. The van der Waals surface area contributed by atoms with Crippen LogP contribution in [0.5, 0.6) is 0 Å². The summed E-state index contributed by atoms with van der Waals surface area (Å²) in [7, 11) is 0. The third-order valence-electron chi connectivity index (χ3n) is 3.60. The smallest absolute Gasteiger partial charge is 0.123 e. The highest BCUT2D eigenvalue weighted by atomic mass is 35.5. The Morgan fingerprint density at radius 3 is 2.26 bits per heavy atom. The number of halogens is 2. The van der Waals surface area contributed by atoms with E-state index in [4.69, 9.17) is 0 Å². The predicted molar refractivity (Wildman–Crippen MR) is 80.6 cm³/mol. The SMILES string of the molecule is CC1CN(CC(C)c2ccc(F)cc2)CC(C)N1.Cl. The molecule has 0 bridgehead atoms. The number of hydrogen-bond acceptors (Lipinski definition) is 2. The molecule has 0 spiro atoms. The first kappa shape index (κ1) is 16.4. The monoisotopic (exact) mass is 286 g/mol. The van der Waals surface area contributed by atoms with Crippen LogP contribution in [0.4, 0.5) is 4.39 Å². The molecule has 1 aliphatic heterocycles. The minimum absolute atomic E-state index is 0. The summed E-state index contributed by atoms with van der Waals surface area (Å²) in [6.45, 7) is 9.90. The van der Waals surface area contributed by atoms with Crippen LogP contribution in [0.2, 0.25) is 0 Å². The lowest BCUT2D eigenvalue weighted by atomic mass is 9.99. The van der Waals surface area contributed by atoms with E-state index in [1.807, 2.05) is 12.1 Å². The van der Waals surface area contributed by atoms with E-state index >= 15 is 0 Å². The summed E-state index contributed by atoms with van der Waals surface area (Å²) in [6, 6.07) is 8.00. The van der Waals surface area contributed by atoms with Crippen molar-refractivity contribution < 1.29 is 4.39 Å². The highest BCUT2D eigenvalue weighted by molar-refractivity contribution is 5.85. The summed E-state index contributed by atoms with van der Waals surface area (Å²) < 4.78 is 12.9. The predicted octanol–water partition coefficient (Wildman–Crippen LogP) is 3.03. The van der Waals surface area contributed by atoms with Crippen LogP contribution < -0.4 is 5.32 Å². The fourth-order valence-corrected chi connectivity index (χ4v) is 2.87. The maximum atomic E-state index is 12.9. The molecular weight excluding hydrogens is 263 g/mol. The Hall–Kier alpha value is -0.640. The minimum Gasteiger partial charge on any atom is -0.309 e. The van der Waals surface area contributed by atoms with E-state index in [-0.39, 0.29) is 18.2 Å². The topological polar surface area (TPSA) is 15.3 Å². The zero-order valence-electron chi connectivity index (χ0n) is 11.9. The van der Waals surface area contributed by atoms with Gasteiger partial charge in [-0.25, -0.2) is 4.39 Å². The first-order valence-corrected chi connectivity index (χ1v) is 6.78. The molecule has 4 heteroatoms. The normalized spacial score (nSPS) is 25.7. The van der Waals surface area contributed by atoms with Crippen molar-refractivity contribution in [2.45, 2.75) is 38.8 Å². The molecule has 0 saturated carbocycles. The van der Waals surface area contributed by atoms with Crippen molar-refractivity contribution in [1.29, 1.82) is 0 Å². The highest BCUT2D eigenvalue weighted by Gasteiger charge is 2.22. The van der Waals surface area contributed by atoms with Crippen LogP contribution in [-0.2, 0) is 0 Å². The van der Waals surface area contributed by atoms with Gasteiger partial charge in [0, 0.05) is 31.7 Å². The fourth-order valence-electron chi connectivity index (χ4n) is 2.87. The maximum absolute atomic E-state index is 12.9. The van der Waals surface area contributed by atoms with Crippen molar-refractivity contribution in [3.8, 4) is 0 Å².